The van der Waals surface area contributed by atoms with Gasteiger partial charge in [0.15, 0.2) is 28.2 Å². The first kappa shape index (κ1) is 22.2. The summed E-state index contributed by atoms with van der Waals surface area (Å²) in [5, 5.41) is 10.5. The Morgan fingerprint density at radius 1 is 1.09 bits per heavy atom. The third-order valence-corrected chi connectivity index (χ3v) is 5.95. The highest BCUT2D eigenvalue weighted by molar-refractivity contribution is 7.92. The number of ether oxygens (including phenoxy) is 2. The smallest absolute Gasteiger partial charge is 0.280 e. The molecule has 4 rings (SSSR count). The molecule has 3 aromatic rings. The minimum Gasteiger partial charge on any atom is -0.493 e. The molecule has 0 bridgehead atoms. The number of benzene rings is 1. The van der Waals surface area contributed by atoms with Gasteiger partial charge in [0.05, 0.1) is 7.11 Å². The van der Waals surface area contributed by atoms with Crippen LogP contribution in [0.5, 0.6) is 23.1 Å². The van der Waals surface area contributed by atoms with E-state index in [1.54, 1.807) is 49.5 Å². The molecule has 0 amide bonds. The zero-order chi connectivity index (χ0) is 23.4. The van der Waals surface area contributed by atoms with E-state index < -0.39 is 15.9 Å². The number of sulfonamides is 1. The number of hydrogen-bond donors (Lipinski definition) is 2. The number of aryl methyl sites for hydroxylation is 1. The number of rotatable bonds is 7. The number of aliphatic imine (C=N–C) groups is 1. The van der Waals surface area contributed by atoms with Gasteiger partial charge in [0, 0.05) is 24.5 Å². The lowest BCUT2D eigenvalue weighted by atomic mass is 10.1. The maximum Gasteiger partial charge on any atom is 0.280 e. The van der Waals surface area contributed by atoms with Crippen LogP contribution >= 0.6 is 0 Å². The van der Waals surface area contributed by atoms with Crippen LogP contribution in [0.3, 0.4) is 0 Å². The van der Waals surface area contributed by atoms with E-state index in [-0.39, 0.29) is 28.2 Å². The van der Waals surface area contributed by atoms with E-state index in [2.05, 4.69) is 24.7 Å². The lowest BCUT2D eigenvalue weighted by molar-refractivity contribution is 0.361. The van der Waals surface area contributed by atoms with Crippen molar-refractivity contribution in [2.45, 2.75) is 18.4 Å². The largest absolute Gasteiger partial charge is 0.493 e. The quantitative estimate of drug-likeness (QED) is 0.540. The van der Waals surface area contributed by atoms with Crippen LogP contribution in [0.15, 0.2) is 58.7 Å². The number of hydrogen-bond acceptors (Lipinski definition) is 9. The summed E-state index contributed by atoms with van der Waals surface area (Å²) in [6.45, 7) is 2.33. The van der Waals surface area contributed by atoms with Gasteiger partial charge in [0.1, 0.15) is 0 Å². The molecule has 0 saturated carbocycles. The van der Waals surface area contributed by atoms with Crippen molar-refractivity contribution in [2.24, 2.45) is 4.99 Å². The lowest BCUT2D eigenvalue weighted by Crippen LogP contribution is -2.17. The van der Waals surface area contributed by atoms with Gasteiger partial charge < -0.3 is 14.6 Å². The molecule has 0 saturated heterocycles. The van der Waals surface area contributed by atoms with E-state index in [1.807, 2.05) is 0 Å². The summed E-state index contributed by atoms with van der Waals surface area (Å²) >= 11 is 0. The standard InChI is InChI=1S/C22H21N5O5S/c1-14-7-8-18(24-13-14)33(29,30)27-21-19(32-17-6-4-3-5-16(17)31-2)22(28)26-20(25-21)15-9-11-23-12-10-15/h3-9,11,13H,10,12H2,1-2H3,(H2,25,26,27,28). The Morgan fingerprint density at radius 3 is 2.55 bits per heavy atom. The number of dihydropyridines is 1. The molecule has 0 spiro atoms. The van der Waals surface area contributed by atoms with E-state index in [9.17, 15) is 13.5 Å². The molecule has 1 aliphatic rings. The van der Waals surface area contributed by atoms with E-state index in [4.69, 9.17) is 9.47 Å². The molecule has 1 aliphatic heterocycles. The number of para-hydroxylation sites is 2. The van der Waals surface area contributed by atoms with Crippen molar-refractivity contribution < 1.29 is 23.0 Å². The minimum atomic E-state index is -4.14. The number of allylic oxidation sites excluding steroid dienone is 1. The molecule has 11 heteroatoms. The van der Waals surface area contributed by atoms with Crippen LogP contribution < -0.4 is 14.2 Å². The highest BCUT2D eigenvalue weighted by atomic mass is 32.2. The summed E-state index contributed by atoms with van der Waals surface area (Å²) < 4.78 is 39.5. The Bertz CT molecular complexity index is 1340. The molecule has 170 valence electrons. The first-order valence-electron chi connectivity index (χ1n) is 9.94. The molecule has 10 nitrogen and oxygen atoms in total. The van der Waals surface area contributed by atoms with E-state index in [1.165, 1.54) is 19.4 Å². The van der Waals surface area contributed by atoms with Crippen LogP contribution in [0.25, 0.3) is 5.57 Å². The van der Waals surface area contributed by atoms with Crippen LogP contribution in [0.4, 0.5) is 5.82 Å². The minimum absolute atomic E-state index is 0.153. The fraction of sp³-hybridized carbons (Fsp3) is 0.182. The number of anilines is 1. The van der Waals surface area contributed by atoms with Gasteiger partial charge in [-0.1, -0.05) is 18.2 Å². The second kappa shape index (κ2) is 9.25. The maximum atomic E-state index is 13.0. The van der Waals surface area contributed by atoms with Crippen molar-refractivity contribution in [3.05, 3.63) is 60.1 Å². The Balaban J connectivity index is 1.80. The Kier molecular flexibility index (Phi) is 6.22. The molecule has 3 heterocycles. The topological polar surface area (TPSA) is 136 Å². The molecule has 0 unspecified atom stereocenters. The van der Waals surface area contributed by atoms with Gasteiger partial charge in [-0.3, -0.25) is 9.71 Å². The predicted octanol–water partition coefficient (Wildman–Crippen LogP) is 3.35. The highest BCUT2D eigenvalue weighted by Crippen LogP contribution is 2.40. The number of nitrogens with zero attached hydrogens (tertiary/aromatic N) is 4. The van der Waals surface area contributed by atoms with Crippen molar-refractivity contribution in [2.75, 3.05) is 18.4 Å². The van der Waals surface area contributed by atoms with Crippen LogP contribution in [-0.2, 0) is 10.0 Å². The Morgan fingerprint density at radius 2 is 1.88 bits per heavy atom. The fourth-order valence-corrected chi connectivity index (χ4v) is 3.96. The number of pyridine rings is 1. The Labute approximate surface area is 190 Å². The zero-order valence-electron chi connectivity index (χ0n) is 17.9. The van der Waals surface area contributed by atoms with Gasteiger partial charge in [-0.25, -0.2) is 9.97 Å². The molecule has 0 radical (unpaired) electrons. The summed E-state index contributed by atoms with van der Waals surface area (Å²) in [5.41, 5.74) is 1.50. The molecule has 0 fully saturated rings. The monoisotopic (exact) mass is 467 g/mol. The third kappa shape index (κ3) is 4.93. The molecular formula is C22H21N5O5S. The summed E-state index contributed by atoms with van der Waals surface area (Å²) in [7, 11) is -2.68. The number of nitrogens with one attached hydrogen (secondary N) is 1. The first-order chi connectivity index (χ1) is 15.9. The summed E-state index contributed by atoms with van der Waals surface area (Å²) in [6.07, 6.45) is 5.29. The normalized spacial score (nSPS) is 13.3. The highest BCUT2D eigenvalue weighted by Gasteiger charge is 2.25. The van der Waals surface area contributed by atoms with Crippen molar-refractivity contribution in [3.63, 3.8) is 0 Å². The summed E-state index contributed by atoms with van der Waals surface area (Å²) in [6, 6.07) is 9.72. The SMILES string of the molecule is COc1ccccc1Oc1c(O)nc(C2=CC=NCC2)nc1NS(=O)(=O)c1ccc(C)cn1. The Hall–Kier alpha value is -3.99. The van der Waals surface area contributed by atoms with Crippen molar-refractivity contribution in [3.8, 4) is 23.1 Å². The number of aromatic nitrogens is 3. The van der Waals surface area contributed by atoms with Gasteiger partial charge >= 0.3 is 0 Å². The molecule has 33 heavy (non-hydrogen) atoms. The van der Waals surface area contributed by atoms with Crippen molar-refractivity contribution in [1.29, 1.82) is 0 Å². The maximum absolute atomic E-state index is 13.0. The third-order valence-electron chi connectivity index (χ3n) is 4.70. The van der Waals surface area contributed by atoms with Gasteiger partial charge in [-0.15, -0.1) is 0 Å². The number of methoxy groups -OCH3 is 1. The molecular weight excluding hydrogens is 446 g/mol. The van der Waals surface area contributed by atoms with Crippen LogP contribution in [-0.4, -0.2) is 48.3 Å². The molecule has 0 atom stereocenters. The summed E-state index contributed by atoms with van der Waals surface area (Å²) in [4.78, 5) is 16.6. The van der Waals surface area contributed by atoms with Gasteiger partial charge in [0.2, 0.25) is 5.75 Å². The molecule has 2 N–H and O–H groups in total. The second-order valence-corrected chi connectivity index (χ2v) is 8.71. The first-order valence-corrected chi connectivity index (χ1v) is 11.4. The molecule has 2 aromatic heterocycles. The zero-order valence-corrected chi connectivity index (χ0v) is 18.7. The van der Waals surface area contributed by atoms with Crippen molar-refractivity contribution in [1.82, 2.24) is 15.0 Å². The van der Waals surface area contributed by atoms with Crippen molar-refractivity contribution >= 4 is 27.6 Å². The fourth-order valence-electron chi connectivity index (χ4n) is 3.02. The lowest BCUT2D eigenvalue weighted by Gasteiger charge is -2.16. The van der Waals surface area contributed by atoms with Crippen LogP contribution in [0.1, 0.15) is 17.8 Å². The molecule has 0 aliphatic carbocycles. The average Bonchev–Trinajstić information content (AvgIpc) is 2.82. The van der Waals surface area contributed by atoms with E-state index in [0.29, 0.717) is 24.3 Å². The van der Waals surface area contributed by atoms with E-state index in [0.717, 1.165) is 5.56 Å². The second-order valence-electron chi connectivity index (χ2n) is 7.08. The van der Waals surface area contributed by atoms with Crippen LogP contribution in [0.2, 0.25) is 0 Å². The number of aromatic hydroxyl groups is 1. The van der Waals surface area contributed by atoms with Gasteiger partial charge in [-0.2, -0.15) is 13.4 Å². The molecule has 1 aromatic carbocycles. The van der Waals surface area contributed by atoms with Gasteiger partial charge in [0.25, 0.3) is 15.9 Å². The van der Waals surface area contributed by atoms with Crippen LogP contribution in [0, 0.1) is 6.92 Å². The van der Waals surface area contributed by atoms with Gasteiger partial charge in [-0.05, 0) is 43.2 Å². The average molecular weight is 468 g/mol. The predicted molar refractivity (Wildman–Crippen MR) is 123 cm³/mol. The summed E-state index contributed by atoms with van der Waals surface area (Å²) in [5.74, 6) is -0.284. The van der Waals surface area contributed by atoms with E-state index >= 15 is 0 Å².